The Balaban J connectivity index is 2.33. The van der Waals surface area contributed by atoms with E-state index >= 15 is 0 Å². The minimum absolute atomic E-state index is 0.168. The highest BCUT2D eigenvalue weighted by Gasteiger charge is 2.05. The van der Waals surface area contributed by atoms with E-state index in [2.05, 4.69) is 26.0 Å². The Morgan fingerprint density at radius 2 is 1.63 bits per heavy atom. The Morgan fingerprint density at radius 3 is 2.26 bits per heavy atom. The summed E-state index contributed by atoms with van der Waals surface area (Å²) in [7, 11) is 0. The lowest BCUT2D eigenvalue weighted by molar-refractivity contribution is 0.309. The van der Waals surface area contributed by atoms with Crippen LogP contribution < -0.4 is 10.5 Å². The summed E-state index contributed by atoms with van der Waals surface area (Å²) in [5, 5.41) is 0. The smallest absolute Gasteiger partial charge is 0.119 e. The van der Waals surface area contributed by atoms with E-state index in [0.29, 0.717) is 0 Å². The molecule has 0 amide bonds. The molecule has 0 saturated heterocycles. The summed E-state index contributed by atoms with van der Waals surface area (Å²) in [4.78, 5) is 0. The number of unbranched alkanes of at least 4 members (excludes halogenated alkanes) is 4. The highest BCUT2D eigenvalue weighted by molar-refractivity contribution is 5.29. The molecule has 2 heteroatoms. The maximum Gasteiger partial charge on any atom is 0.119 e. The third kappa shape index (κ3) is 6.63. The van der Waals surface area contributed by atoms with Gasteiger partial charge in [-0.25, -0.2) is 0 Å². The predicted molar refractivity (Wildman–Crippen MR) is 82.5 cm³/mol. The first-order valence-corrected chi connectivity index (χ1v) is 7.76. The van der Waals surface area contributed by atoms with Crippen LogP contribution in [0.5, 0.6) is 5.75 Å². The summed E-state index contributed by atoms with van der Waals surface area (Å²) in [5.41, 5.74) is 7.43. The van der Waals surface area contributed by atoms with Gasteiger partial charge in [-0.3, -0.25) is 0 Å². The van der Waals surface area contributed by atoms with Crippen molar-refractivity contribution in [3.8, 4) is 5.75 Å². The maximum absolute atomic E-state index is 6.21. The Bertz CT molecular complexity index is 321. The van der Waals surface area contributed by atoms with Crippen LogP contribution in [-0.4, -0.2) is 6.61 Å². The number of benzene rings is 1. The quantitative estimate of drug-likeness (QED) is 0.613. The van der Waals surface area contributed by atoms with Crippen LogP contribution in [0.2, 0.25) is 0 Å². The number of hydrogen-bond acceptors (Lipinski definition) is 2. The average Bonchev–Trinajstić information content (AvgIpc) is 2.44. The molecule has 2 nitrogen and oxygen atoms in total. The van der Waals surface area contributed by atoms with E-state index in [4.69, 9.17) is 10.5 Å². The largest absolute Gasteiger partial charge is 0.494 e. The Kier molecular flexibility index (Phi) is 8.31. The van der Waals surface area contributed by atoms with Gasteiger partial charge in [-0.15, -0.1) is 0 Å². The highest BCUT2D eigenvalue weighted by Crippen LogP contribution is 2.20. The van der Waals surface area contributed by atoms with Crippen molar-refractivity contribution in [1.29, 1.82) is 0 Å². The minimum atomic E-state index is 0.168. The van der Waals surface area contributed by atoms with Crippen molar-refractivity contribution in [1.82, 2.24) is 0 Å². The first-order valence-electron chi connectivity index (χ1n) is 7.76. The van der Waals surface area contributed by atoms with Gasteiger partial charge in [0, 0.05) is 6.04 Å². The topological polar surface area (TPSA) is 35.2 Å². The van der Waals surface area contributed by atoms with Crippen molar-refractivity contribution in [3.05, 3.63) is 29.8 Å². The second-order valence-electron chi connectivity index (χ2n) is 5.23. The molecule has 1 aromatic rings. The lowest BCUT2D eigenvalue weighted by Crippen LogP contribution is -2.10. The van der Waals surface area contributed by atoms with Crippen LogP contribution in [0.4, 0.5) is 0 Å². The summed E-state index contributed by atoms with van der Waals surface area (Å²) >= 11 is 0. The summed E-state index contributed by atoms with van der Waals surface area (Å²) < 4.78 is 5.65. The fourth-order valence-electron chi connectivity index (χ4n) is 2.10. The zero-order valence-electron chi connectivity index (χ0n) is 12.5. The molecule has 0 radical (unpaired) electrons. The van der Waals surface area contributed by atoms with Gasteiger partial charge in [-0.05, 0) is 30.5 Å². The molecule has 0 aromatic heterocycles. The fraction of sp³-hybridized carbons (Fsp3) is 0.647. The molecule has 19 heavy (non-hydrogen) atoms. The van der Waals surface area contributed by atoms with E-state index in [1.165, 1.54) is 37.7 Å². The lowest BCUT2D eigenvalue weighted by atomic mass is 10.0. The third-order valence-corrected chi connectivity index (χ3v) is 3.44. The molecule has 0 fully saturated rings. The van der Waals surface area contributed by atoms with Gasteiger partial charge >= 0.3 is 0 Å². The van der Waals surface area contributed by atoms with Gasteiger partial charge in [0.1, 0.15) is 5.75 Å². The molecular weight excluding hydrogens is 234 g/mol. The number of nitrogens with two attached hydrogens (primary N) is 1. The van der Waals surface area contributed by atoms with Crippen LogP contribution in [0.3, 0.4) is 0 Å². The molecule has 0 aliphatic rings. The van der Waals surface area contributed by atoms with Gasteiger partial charge in [0.05, 0.1) is 6.61 Å². The molecule has 0 heterocycles. The Hall–Kier alpha value is -1.02. The average molecular weight is 263 g/mol. The van der Waals surface area contributed by atoms with Gasteiger partial charge < -0.3 is 10.5 Å². The van der Waals surface area contributed by atoms with Crippen LogP contribution in [0, 0.1) is 0 Å². The van der Waals surface area contributed by atoms with E-state index in [-0.39, 0.29) is 6.04 Å². The van der Waals surface area contributed by atoms with E-state index in [1.54, 1.807) is 0 Å². The van der Waals surface area contributed by atoms with Crippen LogP contribution >= 0.6 is 0 Å². The predicted octanol–water partition coefficient (Wildman–Crippen LogP) is 4.84. The molecule has 2 N–H and O–H groups in total. The molecule has 1 unspecified atom stereocenters. The highest BCUT2D eigenvalue weighted by atomic mass is 16.5. The van der Waals surface area contributed by atoms with Crippen molar-refractivity contribution < 1.29 is 4.74 Å². The van der Waals surface area contributed by atoms with Crippen LogP contribution in [0.1, 0.15) is 70.4 Å². The number of hydrogen-bond donors (Lipinski definition) is 1. The standard InChI is InChI=1S/C17H29NO/c1-3-5-7-8-9-17(18)15-10-12-16(13-11-15)19-14-6-4-2/h10-13,17H,3-9,14,18H2,1-2H3. The van der Waals surface area contributed by atoms with E-state index in [9.17, 15) is 0 Å². The number of rotatable bonds is 10. The monoisotopic (exact) mass is 263 g/mol. The van der Waals surface area contributed by atoms with Gasteiger partial charge in [0.25, 0.3) is 0 Å². The van der Waals surface area contributed by atoms with Crippen molar-refractivity contribution in [2.75, 3.05) is 6.61 Å². The molecule has 1 aromatic carbocycles. The van der Waals surface area contributed by atoms with Crippen molar-refractivity contribution in [2.24, 2.45) is 5.73 Å². The van der Waals surface area contributed by atoms with Crippen LogP contribution in [0.15, 0.2) is 24.3 Å². The van der Waals surface area contributed by atoms with Gasteiger partial charge in [0.15, 0.2) is 0 Å². The van der Waals surface area contributed by atoms with E-state index in [0.717, 1.165) is 25.2 Å². The summed E-state index contributed by atoms with van der Waals surface area (Å²) in [6.07, 6.45) is 8.47. The second-order valence-corrected chi connectivity index (χ2v) is 5.23. The maximum atomic E-state index is 6.21. The zero-order valence-corrected chi connectivity index (χ0v) is 12.5. The summed E-state index contributed by atoms with van der Waals surface area (Å²) in [6, 6.07) is 8.45. The second kappa shape index (κ2) is 9.85. The molecule has 0 saturated carbocycles. The molecular formula is C17H29NO. The third-order valence-electron chi connectivity index (χ3n) is 3.44. The molecule has 108 valence electrons. The molecule has 0 aliphatic carbocycles. The van der Waals surface area contributed by atoms with Crippen LogP contribution in [0.25, 0.3) is 0 Å². The normalized spacial score (nSPS) is 12.4. The van der Waals surface area contributed by atoms with Crippen LogP contribution in [-0.2, 0) is 0 Å². The van der Waals surface area contributed by atoms with E-state index in [1.807, 2.05) is 12.1 Å². The zero-order chi connectivity index (χ0) is 13.9. The number of ether oxygens (including phenoxy) is 1. The minimum Gasteiger partial charge on any atom is -0.494 e. The van der Waals surface area contributed by atoms with Crippen molar-refractivity contribution in [3.63, 3.8) is 0 Å². The Morgan fingerprint density at radius 1 is 0.947 bits per heavy atom. The summed E-state index contributed by atoms with van der Waals surface area (Å²) in [6.45, 7) is 5.21. The van der Waals surface area contributed by atoms with Crippen molar-refractivity contribution >= 4 is 0 Å². The van der Waals surface area contributed by atoms with Crippen molar-refractivity contribution in [2.45, 2.75) is 64.8 Å². The lowest BCUT2D eigenvalue weighted by Gasteiger charge is -2.13. The molecule has 0 aliphatic heterocycles. The Labute approximate surface area is 118 Å². The molecule has 0 bridgehead atoms. The first-order chi connectivity index (χ1) is 9.27. The van der Waals surface area contributed by atoms with Gasteiger partial charge in [-0.2, -0.15) is 0 Å². The van der Waals surface area contributed by atoms with Gasteiger partial charge in [0.2, 0.25) is 0 Å². The molecule has 1 rings (SSSR count). The van der Waals surface area contributed by atoms with Gasteiger partial charge in [-0.1, -0.05) is 58.1 Å². The summed E-state index contributed by atoms with van der Waals surface area (Å²) in [5.74, 6) is 0.954. The fourth-order valence-corrected chi connectivity index (χ4v) is 2.10. The molecule has 0 spiro atoms. The molecule has 1 atom stereocenters. The van der Waals surface area contributed by atoms with E-state index < -0.39 is 0 Å². The SMILES string of the molecule is CCCCCCC(N)c1ccc(OCCCC)cc1. The first kappa shape index (κ1) is 16.0.